The van der Waals surface area contributed by atoms with Gasteiger partial charge in [0.15, 0.2) is 0 Å². The molecule has 0 bridgehead atoms. The predicted molar refractivity (Wildman–Crippen MR) is 174 cm³/mol. The van der Waals surface area contributed by atoms with Crippen LogP contribution in [0.2, 0.25) is 0 Å². The third-order valence-electron chi connectivity index (χ3n) is 8.38. The van der Waals surface area contributed by atoms with Gasteiger partial charge < -0.3 is 8.98 Å². The van der Waals surface area contributed by atoms with E-state index in [1.54, 1.807) is 0 Å². The standard InChI is InChI=1S/C36H19NOS2/c1-5-13-26-22(10-1)31-32-23-11-3-7-15-29(23)39-35(32)36-33(24-12-4-8-16-30(24)40-36)34(31)37(26)20-17-18-28-25(19-20)21-9-2-6-14-27(21)38-28/h1-19H. The quantitative estimate of drug-likeness (QED) is 0.201. The van der Waals surface area contributed by atoms with E-state index in [0.717, 1.165) is 27.6 Å². The molecule has 0 saturated carbocycles. The van der Waals surface area contributed by atoms with Crippen LogP contribution in [0.25, 0.3) is 89.8 Å². The Hall–Kier alpha value is -4.64. The minimum Gasteiger partial charge on any atom is -0.456 e. The van der Waals surface area contributed by atoms with Crippen LogP contribution in [-0.2, 0) is 0 Å². The highest BCUT2D eigenvalue weighted by Gasteiger charge is 2.24. The highest BCUT2D eigenvalue weighted by Crippen LogP contribution is 2.52. The fourth-order valence-electron chi connectivity index (χ4n) is 6.75. The van der Waals surface area contributed by atoms with Crippen molar-refractivity contribution in [2.24, 2.45) is 0 Å². The third-order valence-corrected chi connectivity index (χ3v) is 10.9. The number of furan rings is 1. The summed E-state index contributed by atoms with van der Waals surface area (Å²) in [6.45, 7) is 0. The molecule has 0 unspecified atom stereocenters. The molecule has 10 aromatic rings. The molecule has 0 spiro atoms. The van der Waals surface area contributed by atoms with Crippen LogP contribution in [0.3, 0.4) is 0 Å². The molecular weight excluding hydrogens is 527 g/mol. The lowest BCUT2D eigenvalue weighted by molar-refractivity contribution is 0.669. The maximum Gasteiger partial charge on any atom is 0.135 e. The first-order valence-corrected chi connectivity index (χ1v) is 15.1. The summed E-state index contributed by atoms with van der Waals surface area (Å²) in [5.41, 5.74) is 5.51. The molecule has 6 aromatic carbocycles. The molecule has 0 amide bonds. The second-order valence-corrected chi connectivity index (χ2v) is 12.6. The van der Waals surface area contributed by atoms with Crippen molar-refractivity contribution in [1.29, 1.82) is 0 Å². The Bertz CT molecular complexity index is 2660. The van der Waals surface area contributed by atoms with Gasteiger partial charge in [-0.1, -0.05) is 72.8 Å². The zero-order valence-electron chi connectivity index (χ0n) is 21.1. The molecule has 0 atom stereocenters. The van der Waals surface area contributed by atoms with Crippen LogP contribution in [0.1, 0.15) is 0 Å². The Balaban J connectivity index is 1.51. The maximum absolute atomic E-state index is 6.20. The molecule has 0 aliphatic heterocycles. The summed E-state index contributed by atoms with van der Waals surface area (Å²) in [4.78, 5) is 0. The molecular formula is C36H19NOS2. The van der Waals surface area contributed by atoms with Crippen LogP contribution in [0.4, 0.5) is 0 Å². The SMILES string of the molecule is c1ccc2c(c1)oc1ccc(-n3c4ccccc4c4c5c6ccccc6sc5c5sc6ccccc6c5c43)cc12. The van der Waals surface area contributed by atoms with E-state index < -0.39 is 0 Å². The van der Waals surface area contributed by atoms with Crippen molar-refractivity contribution >= 4 is 107 Å². The van der Waals surface area contributed by atoms with Gasteiger partial charge in [-0.05, 0) is 42.5 Å². The van der Waals surface area contributed by atoms with Crippen LogP contribution in [-0.4, -0.2) is 4.57 Å². The molecule has 0 saturated heterocycles. The van der Waals surface area contributed by atoms with E-state index in [1.807, 2.05) is 28.7 Å². The molecule has 4 heteroatoms. The predicted octanol–water partition coefficient (Wildman–Crippen LogP) is 11.4. The highest BCUT2D eigenvalue weighted by molar-refractivity contribution is 7.33. The molecule has 0 aliphatic carbocycles. The number of fused-ring (bicyclic) bond motifs is 15. The summed E-state index contributed by atoms with van der Waals surface area (Å²) < 4.78 is 14.1. The fourth-order valence-corrected chi connectivity index (χ4v) is 9.30. The van der Waals surface area contributed by atoms with Crippen LogP contribution in [0.15, 0.2) is 120 Å². The number of hydrogen-bond donors (Lipinski definition) is 0. The molecule has 10 rings (SSSR count). The first kappa shape index (κ1) is 21.2. The largest absolute Gasteiger partial charge is 0.456 e. The summed E-state index contributed by atoms with van der Waals surface area (Å²) in [5.74, 6) is 0. The van der Waals surface area contributed by atoms with Crippen molar-refractivity contribution in [3.8, 4) is 5.69 Å². The van der Waals surface area contributed by atoms with Gasteiger partial charge in [0.05, 0.1) is 20.4 Å². The number of nitrogens with zero attached hydrogens (tertiary/aromatic N) is 1. The summed E-state index contributed by atoms with van der Waals surface area (Å²) in [6.07, 6.45) is 0. The Labute approximate surface area is 235 Å². The van der Waals surface area contributed by atoms with Crippen molar-refractivity contribution in [3.05, 3.63) is 115 Å². The molecule has 0 fully saturated rings. The fraction of sp³-hybridized carbons (Fsp3) is 0. The Morgan fingerprint density at radius 2 is 1.07 bits per heavy atom. The van der Waals surface area contributed by atoms with Crippen molar-refractivity contribution in [3.63, 3.8) is 0 Å². The molecule has 40 heavy (non-hydrogen) atoms. The maximum atomic E-state index is 6.20. The smallest absolute Gasteiger partial charge is 0.135 e. The van der Waals surface area contributed by atoms with E-state index in [0.29, 0.717) is 0 Å². The number of rotatable bonds is 1. The van der Waals surface area contributed by atoms with E-state index >= 15 is 0 Å². The third kappa shape index (κ3) is 2.58. The molecule has 4 heterocycles. The van der Waals surface area contributed by atoms with E-state index in [9.17, 15) is 0 Å². The Morgan fingerprint density at radius 1 is 0.475 bits per heavy atom. The minimum atomic E-state index is 0.920. The lowest BCUT2D eigenvalue weighted by Gasteiger charge is -2.10. The van der Waals surface area contributed by atoms with E-state index in [-0.39, 0.29) is 0 Å². The molecule has 2 nitrogen and oxygen atoms in total. The van der Waals surface area contributed by atoms with E-state index in [1.165, 1.54) is 62.2 Å². The lowest BCUT2D eigenvalue weighted by atomic mass is 10.0. The average molecular weight is 546 g/mol. The second-order valence-electron chi connectivity index (χ2n) is 10.5. The molecule has 0 N–H and O–H groups in total. The van der Waals surface area contributed by atoms with Crippen molar-refractivity contribution in [1.82, 2.24) is 4.57 Å². The van der Waals surface area contributed by atoms with Gasteiger partial charge in [0.1, 0.15) is 11.2 Å². The zero-order chi connectivity index (χ0) is 25.9. The Kier molecular flexibility index (Phi) is 3.98. The number of benzene rings is 6. The first-order valence-electron chi connectivity index (χ1n) is 13.4. The summed E-state index contributed by atoms with van der Waals surface area (Å²) >= 11 is 3.85. The van der Waals surface area contributed by atoms with Crippen LogP contribution >= 0.6 is 22.7 Å². The van der Waals surface area contributed by atoms with E-state index in [4.69, 9.17) is 4.42 Å². The van der Waals surface area contributed by atoms with Gasteiger partial charge in [0.2, 0.25) is 0 Å². The van der Waals surface area contributed by atoms with Crippen LogP contribution in [0, 0.1) is 0 Å². The number of aromatic nitrogens is 1. The van der Waals surface area contributed by atoms with Crippen LogP contribution in [0.5, 0.6) is 0 Å². The van der Waals surface area contributed by atoms with E-state index in [2.05, 4.69) is 114 Å². The average Bonchev–Trinajstić information content (AvgIpc) is 3.75. The minimum absolute atomic E-state index is 0.920. The Morgan fingerprint density at radius 3 is 1.88 bits per heavy atom. The van der Waals surface area contributed by atoms with Gasteiger partial charge in [-0.2, -0.15) is 0 Å². The number of hydrogen-bond acceptors (Lipinski definition) is 3. The van der Waals surface area contributed by atoms with Gasteiger partial charge in [-0.25, -0.2) is 0 Å². The van der Waals surface area contributed by atoms with Gasteiger partial charge in [0.25, 0.3) is 0 Å². The van der Waals surface area contributed by atoms with Gasteiger partial charge in [-0.15, -0.1) is 22.7 Å². The number of para-hydroxylation sites is 2. The highest BCUT2D eigenvalue weighted by atomic mass is 32.1. The second kappa shape index (κ2) is 7.51. The summed E-state index contributed by atoms with van der Waals surface area (Å²) in [7, 11) is 0. The summed E-state index contributed by atoms with van der Waals surface area (Å²) in [6, 6.07) is 41.7. The first-order chi connectivity index (χ1) is 19.8. The molecule has 0 aliphatic rings. The monoisotopic (exact) mass is 545 g/mol. The zero-order valence-corrected chi connectivity index (χ0v) is 22.8. The molecule has 0 radical (unpaired) electrons. The normalized spacial score (nSPS) is 12.5. The molecule has 186 valence electrons. The van der Waals surface area contributed by atoms with Gasteiger partial charge in [-0.3, -0.25) is 0 Å². The van der Waals surface area contributed by atoms with Crippen LogP contribution < -0.4 is 0 Å². The topological polar surface area (TPSA) is 18.1 Å². The summed E-state index contributed by atoms with van der Waals surface area (Å²) in [5, 5.41) is 10.3. The van der Waals surface area contributed by atoms with Crippen molar-refractivity contribution in [2.75, 3.05) is 0 Å². The lowest BCUT2D eigenvalue weighted by Crippen LogP contribution is -1.94. The van der Waals surface area contributed by atoms with Gasteiger partial charge >= 0.3 is 0 Å². The van der Waals surface area contributed by atoms with Crippen molar-refractivity contribution < 1.29 is 4.42 Å². The van der Waals surface area contributed by atoms with Gasteiger partial charge in [0, 0.05) is 58.2 Å². The molecule has 4 aromatic heterocycles. The number of thiophene rings is 2. The van der Waals surface area contributed by atoms with Crippen molar-refractivity contribution in [2.45, 2.75) is 0 Å².